The number of aliphatic hydroxyl groups excluding tert-OH is 1. The lowest BCUT2D eigenvalue weighted by atomic mass is 9.90. The third kappa shape index (κ3) is 5.96. The molecular weight excluding hydrogens is 408 g/mol. The van der Waals surface area contributed by atoms with Crippen LogP contribution < -0.4 is 10.6 Å². The minimum absolute atomic E-state index is 0.0679. The molecule has 0 spiro atoms. The molecule has 1 unspecified atom stereocenters. The van der Waals surface area contributed by atoms with Crippen LogP contribution in [-0.4, -0.2) is 61.0 Å². The molecule has 1 heterocycles. The molecule has 2 aliphatic rings. The zero-order valence-corrected chi connectivity index (χ0v) is 20.1. The maximum absolute atomic E-state index is 12.4. The molecule has 2 aliphatic carbocycles. The van der Waals surface area contributed by atoms with Gasteiger partial charge in [-0.2, -0.15) is 0 Å². The molecule has 0 aromatic carbocycles. The molecule has 0 radical (unpaired) electrons. The second kappa shape index (κ2) is 11.2. The zero-order valence-electron chi connectivity index (χ0n) is 19.2. The number of amides is 1. The van der Waals surface area contributed by atoms with Crippen molar-refractivity contribution in [1.29, 1.82) is 0 Å². The number of hydrogen-bond donors (Lipinski definition) is 3. The molecule has 0 saturated heterocycles. The molecule has 1 amide bonds. The van der Waals surface area contributed by atoms with Crippen LogP contribution in [0.1, 0.15) is 73.8 Å². The van der Waals surface area contributed by atoms with E-state index in [1.54, 1.807) is 17.5 Å². The summed E-state index contributed by atoms with van der Waals surface area (Å²) in [6.45, 7) is 6.62. The molecule has 7 heteroatoms. The van der Waals surface area contributed by atoms with Gasteiger partial charge in [0, 0.05) is 41.8 Å². The summed E-state index contributed by atoms with van der Waals surface area (Å²) in [7, 11) is 4.34. The molecule has 6 nitrogen and oxygen atoms in total. The highest BCUT2D eigenvalue weighted by Gasteiger charge is 2.33. The van der Waals surface area contributed by atoms with Crippen LogP contribution in [0.25, 0.3) is 0 Å². The average molecular weight is 447 g/mol. The quantitative estimate of drug-likeness (QED) is 0.376. The number of thiophene rings is 1. The van der Waals surface area contributed by atoms with Crippen molar-refractivity contribution in [2.75, 3.05) is 32.6 Å². The van der Waals surface area contributed by atoms with E-state index in [4.69, 9.17) is 10.1 Å². The van der Waals surface area contributed by atoms with Crippen molar-refractivity contribution in [3.63, 3.8) is 0 Å². The van der Waals surface area contributed by atoms with Crippen molar-refractivity contribution < 1.29 is 9.90 Å². The van der Waals surface area contributed by atoms with E-state index in [1.165, 1.54) is 28.8 Å². The Morgan fingerprint density at radius 1 is 1.29 bits per heavy atom. The Kier molecular flexibility index (Phi) is 8.69. The Balaban J connectivity index is 1.78. The molecule has 1 aromatic rings. The number of rotatable bonds is 10. The van der Waals surface area contributed by atoms with Gasteiger partial charge in [0.15, 0.2) is 0 Å². The number of fused-ring (bicyclic) bond motifs is 1. The first kappa shape index (κ1) is 24.0. The van der Waals surface area contributed by atoms with Crippen LogP contribution >= 0.6 is 11.3 Å². The minimum Gasteiger partial charge on any atom is -0.396 e. The number of nitrogens with one attached hydrogen (secondary N) is 2. The molecule has 3 rings (SSSR count). The third-order valence-corrected chi connectivity index (χ3v) is 7.80. The highest BCUT2D eigenvalue weighted by atomic mass is 32.1. The minimum atomic E-state index is 0.0679. The molecular formula is C24H38N4O2S. The summed E-state index contributed by atoms with van der Waals surface area (Å²) >= 11 is 1.79. The Hall–Kier alpha value is -1.70. The Bertz CT molecular complexity index is 794. The number of nitrogens with zero attached hydrogens (tertiary/aromatic N) is 2. The number of aliphatic hydroxyl groups is 1. The molecule has 3 N–H and O–H groups in total. The lowest BCUT2D eigenvalue weighted by Gasteiger charge is -2.31. The molecule has 1 atom stereocenters. The number of hydrogen-bond acceptors (Lipinski definition) is 6. The maximum atomic E-state index is 12.4. The second-order valence-electron chi connectivity index (χ2n) is 9.00. The van der Waals surface area contributed by atoms with E-state index >= 15 is 0 Å². The number of carbonyl (C=O) groups is 1. The Morgan fingerprint density at radius 3 is 2.68 bits per heavy atom. The predicted octanol–water partition coefficient (Wildman–Crippen LogP) is 3.90. The number of aliphatic imine (C=N–C) groups is 1. The van der Waals surface area contributed by atoms with Gasteiger partial charge in [0.05, 0.1) is 6.04 Å². The van der Waals surface area contributed by atoms with E-state index in [0.717, 1.165) is 36.4 Å². The molecule has 31 heavy (non-hydrogen) atoms. The van der Waals surface area contributed by atoms with Crippen molar-refractivity contribution in [1.82, 2.24) is 10.2 Å². The fourth-order valence-corrected chi connectivity index (χ4v) is 6.31. The van der Waals surface area contributed by atoms with Gasteiger partial charge in [-0.25, -0.2) is 0 Å². The van der Waals surface area contributed by atoms with Crippen molar-refractivity contribution in [3.8, 4) is 0 Å². The lowest BCUT2D eigenvalue weighted by Crippen LogP contribution is -2.33. The standard InChI is InChI=1S/C24H38N4O2S/c1-5-25-24-22(16(2)27-18-8-10-19(11-9-18)28(3)4)23-17(7-12-20(23)31-24)15-21(30)26-13-6-14-29/h5,17-19,25,29H,1,6-15H2,2-4H3,(H,26,30). The zero-order chi connectivity index (χ0) is 22.4. The summed E-state index contributed by atoms with van der Waals surface area (Å²) in [5, 5.41) is 16.3. The van der Waals surface area contributed by atoms with Crippen LogP contribution in [0.3, 0.4) is 0 Å². The summed E-state index contributed by atoms with van der Waals surface area (Å²) in [5.41, 5.74) is 3.60. The number of aryl methyl sites for hydroxylation is 1. The molecule has 0 bridgehead atoms. The van der Waals surface area contributed by atoms with Crippen molar-refractivity contribution >= 4 is 28.0 Å². The highest BCUT2D eigenvalue weighted by molar-refractivity contribution is 7.16. The van der Waals surface area contributed by atoms with Crippen LogP contribution in [0.15, 0.2) is 17.8 Å². The largest absolute Gasteiger partial charge is 0.396 e. The smallest absolute Gasteiger partial charge is 0.220 e. The fourth-order valence-electron chi connectivity index (χ4n) is 4.96. The first-order chi connectivity index (χ1) is 14.9. The second-order valence-corrected chi connectivity index (χ2v) is 10.1. The Morgan fingerprint density at radius 2 is 2.03 bits per heavy atom. The van der Waals surface area contributed by atoms with E-state index in [1.807, 2.05) is 0 Å². The first-order valence-electron chi connectivity index (χ1n) is 11.6. The highest BCUT2D eigenvalue weighted by Crippen LogP contribution is 2.47. The van der Waals surface area contributed by atoms with Gasteiger partial charge in [0.2, 0.25) is 5.91 Å². The Labute approximate surface area is 190 Å². The van der Waals surface area contributed by atoms with Crippen molar-refractivity contribution in [3.05, 3.63) is 28.8 Å². The number of carbonyl (C=O) groups excluding carboxylic acids is 1. The number of anilines is 1. The summed E-state index contributed by atoms with van der Waals surface area (Å²) in [5.74, 6) is 0.295. The van der Waals surface area contributed by atoms with E-state index < -0.39 is 0 Å². The van der Waals surface area contributed by atoms with Gasteiger partial charge in [0.1, 0.15) is 5.00 Å². The normalized spacial score (nSPS) is 23.6. The van der Waals surface area contributed by atoms with E-state index in [9.17, 15) is 4.79 Å². The van der Waals surface area contributed by atoms with Crippen molar-refractivity contribution in [2.45, 2.75) is 76.3 Å². The molecule has 172 valence electrons. The van der Waals surface area contributed by atoms with Crippen LogP contribution in [0.2, 0.25) is 0 Å². The summed E-state index contributed by atoms with van der Waals surface area (Å²) in [6, 6.07) is 1.05. The topological polar surface area (TPSA) is 77.0 Å². The lowest BCUT2D eigenvalue weighted by molar-refractivity contribution is -0.121. The van der Waals surface area contributed by atoms with Gasteiger partial charge in [-0.1, -0.05) is 6.58 Å². The van der Waals surface area contributed by atoms with Crippen molar-refractivity contribution in [2.24, 2.45) is 4.99 Å². The van der Waals surface area contributed by atoms with Crippen LogP contribution in [0, 0.1) is 0 Å². The predicted molar refractivity (Wildman–Crippen MR) is 130 cm³/mol. The van der Waals surface area contributed by atoms with E-state index in [0.29, 0.717) is 31.5 Å². The van der Waals surface area contributed by atoms with Gasteiger partial charge in [-0.05, 0) is 83.6 Å². The van der Waals surface area contributed by atoms with Crippen LogP contribution in [0.4, 0.5) is 5.00 Å². The molecule has 1 saturated carbocycles. The SMILES string of the molecule is C=CNc1sc2c(c1C(C)=NC1CCC(N(C)C)CC1)C(CC(=O)NCCCO)CC2. The van der Waals surface area contributed by atoms with Gasteiger partial charge in [0.25, 0.3) is 0 Å². The summed E-state index contributed by atoms with van der Waals surface area (Å²) in [4.78, 5) is 21.3. The van der Waals surface area contributed by atoms with Gasteiger partial charge in [-0.3, -0.25) is 9.79 Å². The van der Waals surface area contributed by atoms with Gasteiger partial charge < -0.3 is 20.6 Å². The fraction of sp³-hybridized carbons (Fsp3) is 0.667. The van der Waals surface area contributed by atoms with E-state index in [2.05, 4.69) is 43.1 Å². The monoisotopic (exact) mass is 446 g/mol. The van der Waals surface area contributed by atoms with Gasteiger partial charge >= 0.3 is 0 Å². The third-order valence-electron chi connectivity index (χ3n) is 6.61. The average Bonchev–Trinajstić information content (AvgIpc) is 3.28. The van der Waals surface area contributed by atoms with Crippen LogP contribution in [-0.2, 0) is 11.2 Å². The molecule has 1 fully saturated rings. The molecule has 0 aliphatic heterocycles. The van der Waals surface area contributed by atoms with Crippen LogP contribution in [0.5, 0.6) is 0 Å². The summed E-state index contributed by atoms with van der Waals surface area (Å²) < 4.78 is 0. The molecule has 1 aromatic heterocycles. The summed E-state index contributed by atoms with van der Waals surface area (Å²) in [6.07, 6.45) is 9.52. The first-order valence-corrected chi connectivity index (χ1v) is 12.4. The van der Waals surface area contributed by atoms with Gasteiger partial charge in [-0.15, -0.1) is 11.3 Å². The van der Waals surface area contributed by atoms with E-state index in [-0.39, 0.29) is 18.4 Å². The maximum Gasteiger partial charge on any atom is 0.220 e.